The minimum Gasteiger partial charge on any atom is -0.377 e. The minimum atomic E-state index is -0.382. The van der Waals surface area contributed by atoms with Crippen LogP contribution in [0.25, 0.3) is 0 Å². The fraction of sp³-hybridized carbons (Fsp3) is 0.400. The molecular formula is C20H23N5O3. The molecule has 0 bridgehead atoms. The van der Waals surface area contributed by atoms with E-state index in [1.165, 1.54) is 17.5 Å². The SMILES string of the molecule is O=C(CNC(=O)c1cc(NC2COC2)ncn1)CN1CCc2ccccc2C1. The Bertz CT molecular complexity index is 868. The van der Waals surface area contributed by atoms with Crippen LogP contribution in [0.4, 0.5) is 5.82 Å². The van der Waals surface area contributed by atoms with Gasteiger partial charge in [-0.3, -0.25) is 14.5 Å². The van der Waals surface area contributed by atoms with Crippen LogP contribution in [-0.2, 0) is 22.5 Å². The number of benzene rings is 1. The van der Waals surface area contributed by atoms with Crippen LogP contribution in [0.3, 0.4) is 0 Å². The summed E-state index contributed by atoms with van der Waals surface area (Å²) in [5.41, 5.74) is 2.85. The van der Waals surface area contributed by atoms with Crippen LogP contribution in [0.5, 0.6) is 0 Å². The fourth-order valence-electron chi connectivity index (χ4n) is 3.35. The molecule has 0 unspecified atom stereocenters. The molecule has 0 saturated carbocycles. The van der Waals surface area contributed by atoms with Crippen LogP contribution in [0.15, 0.2) is 36.7 Å². The van der Waals surface area contributed by atoms with Crippen molar-refractivity contribution in [3.8, 4) is 0 Å². The number of ether oxygens (including phenoxy) is 1. The summed E-state index contributed by atoms with van der Waals surface area (Å²) in [5, 5.41) is 5.83. The molecule has 0 aliphatic carbocycles. The number of nitrogens with zero attached hydrogens (tertiary/aromatic N) is 3. The van der Waals surface area contributed by atoms with Crippen LogP contribution >= 0.6 is 0 Å². The lowest BCUT2D eigenvalue weighted by atomic mass is 10.00. The van der Waals surface area contributed by atoms with Gasteiger partial charge in [-0.1, -0.05) is 24.3 Å². The molecule has 0 radical (unpaired) electrons. The number of hydrogen-bond donors (Lipinski definition) is 2. The molecule has 2 aromatic rings. The van der Waals surface area contributed by atoms with Crippen molar-refractivity contribution in [2.24, 2.45) is 0 Å². The third kappa shape index (κ3) is 4.52. The maximum absolute atomic E-state index is 12.3. The Kier molecular flexibility index (Phi) is 5.59. The molecular weight excluding hydrogens is 358 g/mol. The number of carbonyl (C=O) groups excluding carboxylic acids is 2. The molecule has 1 fully saturated rings. The van der Waals surface area contributed by atoms with E-state index in [0.29, 0.717) is 25.6 Å². The van der Waals surface area contributed by atoms with Gasteiger partial charge in [-0.25, -0.2) is 9.97 Å². The number of nitrogens with one attached hydrogen (secondary N) is 2. The monoisotopic (exact) mass is 381 g/mol. The molecule has 2 aliphatic heterocycles. The van der Waals surface area contributed by atoms with Crippen LogP contribution in [0.2, 0.25) is 0 Å². The summed E-state index contributed by atoms with van der Waals surface area (Å²) < 4.78 is 5.10. The number of anilines is 1. The van der Waals surface area contributed by atoms with Gasteiger partial charge in [0.2, 0.25) is 0 Å². The van der Waals surface area contributed by atoms with Gasteiger partial charge in [-0.2, -0.15) is 0 Å². The molecule has 1 amide bonds. The van der Waals surface area contributed by atoms with Crippen molar-refractivity contribution < 1.29 is 14.3 Å². The second kappa shape index (κ2) is 8.45. The summed E-state index contributed by atoms with van der Waals surface area (Å²) in [4.78, 5) is 34.8. The highest BCUT2D eigenvalue weighted by Crippen LogP contribution is 2.18. The van der Waals surface area contributed by atoms with Gasteiger partial charge in [0.15, 0.2) is 5.78 Å². The highest BCUT2D eigenvalue weighted by atomic mass is 16.5. The summed E-state index contributed by atoms with van der Waals surface area (Å²) >= 11 is 0. The second-order valence-corrected chi connectivity index (χ2v) is 7.12. The van der Waals surface area contributed by atoms with E-state index in [0.717, 1.165) is 19.5 Å². The quantitative estimate of drug-likeness (QED) is 0.727. The average molecular weight is 381 g/mol. The highest BCUT2D eigenvalue weighted by molar-refractivity contribution is 5.96. The van der Waals surface area contributed by atoms with E-state index < -0.39 is 0 Å². The smallest absolute Gasteiger partial charge is 0.270 e. The molecule has 28 heavy (non-hydrogen) atoms. The topological polar surface area (TPSA) is 96.5 Å². The lowest BCUT2D eigenvalue weighted by molar-refractivity contribution is -0.119. The van der Waals surface area contributed by atoms with Gasteiger partial charge < -0.3 is 15.4 Å². The zero-order valence-corrected chi connectivity index (χ0v) is 15.6. The third-order valence-electron chi connectivity index (χ3n) is 4.95. The van der Waals surface area contributed by atoms with Crippen molar-refractivity contribution in [2.75, 3.05) is 38.2 Å². The Labute approximate surface area is 163 Å². The largest absolute Gasteiger partial charge is 0.377 e. The molecule has 146 valence electrons. The second-order valence-electron chi connectivity index (χ2n) is 7.12. The van der Waals surface area contributed by atoms with Crippen LogP contribution in [0, 0.1) is 0 Å². The Morgan fingerprint density at radius 3 is 2.79 bits per heavy atom. The summed E-state index contributed by atoms with van der Waals surface area (Å²) in [5.74, 6) is 0.172. The van der Waals surface area contributed by atoms with E-state index >= 15 is 0 Å². The van der Waals surface area contributed by atoms with Crippen LogP contribution < -0.4 is 10.6 Å². The van der Waals surface area contributed by atoms with E-state index in [-0.39, 0.29) is 30.0 Å². The first-order chi connectivity index (χ1) is 13.7. The first-order valence-electron chi connectivity index (χ1n) is 9.43. The summed E-state index contributed by atoms with van der Waals surface area (Å²) in [6.07, 6.45) is 2.28. The molecule has 8 heteroatoms. The van der Waals surface area contributed by atoms with Gasteiger partial charge in [0.05, 0.1) is 32.3 Å². The van der Waals surface area contributed by atoms with Crippen molar-refractivity contribution in [3.05, 3.63) is 53.5 Å². The molecule has 4 rings (SSSR count). The van der Waals surface area contributed by atoms with Crippen molar-refractivity contribution >= 4 is 17.5 Å². The molecule has 0 atom stereocenters. The van der Waals surface area contributed by atoms with Crippen LogP contribution in [0.1, 0.15) is 21.6 Å². The molecule has 0 spiro atoms. The number of rotatable bonds is 7. The minimum absolute atomic E-state index is 0.0137. The fourth-order valence-corrected chi connectivity index (χ4v) is 3.35. The Morgan fingerprint density at radius 1 is 1.18 bits per heavy atom. The normalized spacial score (nSPS) is 16.7. The van der Waals surface area contributed by atoms with E-state index in [2.05, 4.69) is 37.6 Å². The lowest BCUT2D eigenvalue weighted by Gasteiger charge is -2.28. The number of hydrogen-bond acceptors (Lipinski definition) is 7. The first kappa shape index (κ1) is 18.5. The van der Waals surface area contributed by atoms with E-state index in [1.807, 2.05) is 12.1 Å². The predicted octanol–water partition coefficient (Wildman–Crippen LogP) is 0.645. The molecule has 2 aliphatic rings. The number of carbonyl (C=O) groups is 2. The molecule has 8 nitrogen and oxygen atoms in total. The van der Waals surface area contributed by atoms with Gasteiger partial charge in [0.25, 0.3) is 5.91 Å². The van der Waals surface area contributed by atoms with Crippen molar-refractivity contribution in [1.82, 2.24) is 20.2 Å². The number of aromatic nitrogens is 2. The van der Waals surface area contributed by atoms with Crippen molar-refractivity contribution in [1.29, 1.82) is 0 Å². The lowest BCUT2D eigenvalue weighted by Crippen LogP contribution is -2.40. The van der Waals surface area contributed by atoms with Gasteiger partial charge in [-0.15, -0.1) is 0 Å². The van der Waals surface area contributed by atoms with Crippen molar-refractivity contribution in [2.45, 2.75) is 19.0 Å². The Hall–Kier alpha value is -2.84. The van der Waals surface area contributed by atoms with E-state index in [1.54, 1.807) is 6.07 Å². The molecule has 2 N–H and O–H groups in total. The maximum Gasteiger partial charge on any atom is 0.270 e. The van der Waals surface area contributed by atoms with Gasteiger partial charge >= 0.3 is 0 Å². The van der Waals surface area contributed by atoms with Crippen LogP contribution in [-0.4, -0.2) is 65.4 Å². The standard InChI is InChI=1S/C20H23N5O3/c26-17(10-25-6-5-14-3-1-2-4-15(14)9-25)8-21-20(27)18-7-19(23-13-22-18)24-16-11-28-12-16/h1-4,7,13,16H,5-6,8-12H2,(H,21,27)(H,22,23,24). The van der Waals surface area contributed by atoms with Gasteiger partial charge in [0.1, 0.15) is 17.8 Å². The average Bonchev–Trinajstić information content (AvgIpc) is 2.69. The summed E-state index contributed by atoms with van der Waals surface area (Å²) in [7, 11) is 0. The molecule has 3 heterocycles. The number of Topliss-reactive ketones (excluding diaryl/α,β-unsaturated/α-hetero) is 1. The van der Waals surface area contributed by atoms with Gasteiger partial charge in [-0.05, 0) is 17.5 Å². The summed E-state index contributed by atoms with van der Waals surface area (Å²) in [6.45, 7) is 3.18. The summed E-state index contributed by atoms with van der Waals surface area (Å²) in [6, 6.07) is 10.1. The van der Waals surface area contributed by atoms with Gasteiger partial charge in [0, 0.05) is 19.2 Å². The number of ketones is 1. The molecule has 1 saturated heterocycles. The highest BCUT2D eigenvalue weighted by Gasteiger charge is 2.20. The Morgan fingerprint density at radius 2 is 2.00 bits per heavy atom. The van der Waals surface area contributed by atoms with E-state index in [9.17, 15) is 9.59 Å². The maximum atomic E-state index is 12.3. The zero-order chi connectivity index (χ0) is 19.3. The number of fused-ring (bicyclic) bond motifs is 1. The predicted molar refractivity (Wildman–Crippen MR) is 103 cm³/mol. The first-order valence-corrected chi connectivity index (χ1v) is 9.43. The molecule has 1 aromatic heterocycles. The zero-order valence-electron chi connectivity index (χ0n) is 15.6. The Balaban J connectivity index is 1.25. The third-order valence-corrected chi connectivity index (χ3v) is 4.95. The number of amides is 1. The molecule has 1 aromatic carbocycles. The van der Waals surface area contributed by atoms with E-state index in [4.69, 9.17) is 4.74 Å². The van der Waals surface area contributed by atoms with Crippen molar-refractivity contribution in [3.63, 3.8) is 0 Å².